The average Bonchev–Trinajstić information content (AvgIpc) is 2.39. The number of benzene rings is 1. The predicted octanol–water partition coefficient (Wildman–Crippen LogP) is 3.52. The number of nitrogens with zero attached hydrogens (tertiary/aromatic N) is 2. The van der Waals surface area contributed by atoms with Gasteiger partial charge in [-0.1, -0.05) is 6.07 Å². The number of nitro groups is 1. The molecule has 0 amide bonds. The molecular weight excluding hydrogens is 242 g/mol. The minimum Gasteiger partial charge on any atom is -0.366 e. The van der Waals surface area contributed by atoms with Crippen LogP contribution in [0.15, 0.2) is 18.2 Å². The summed E-state index contributed by atoms with van der Waals surface area (Å²) in [5.74, 6) is 0. The number of anilines is 1. The molecule has 0 spiro atoms. The summed E-state index contributed by atoms with van der Waals surface area (Å²) >= 11 is 0. The van der Waals surface area contributed by atoms with Gasteiger partial charge in [0, 0.05) is 24.7 Å². The molecule has 0 aromatic heterocycles. The molecular formula is C12H14F2N2O2. The molecule has 18 heavy (non-hydrogen) atoms. The van der Waals surface area contributed by atoms with E-state index in [4.69, 9.17) is 0 Å². The first-order valence-electron chi connectivity index (χ1n) is 5.91. The summed E-state index contributed by atoms with van der Waals surface area (Å²) in [5.41, 5.74) is -0.0822. The van der Waals surface area contributed by atoms with Crippen molar-refractivity contribution in [2.45, 2.75) is 25.7 Å². The summed E-state index contributed by atoms with van der Waals surface area (Å²) in [7, 11) is 0. The van der Waals surface area contributed by atoms with Gasteiger partial charge in [0.25, 0.3) is 12.1 Å². The minimum atomic E-state index is -2.68. The van der Waals surface area contributed by atoms with Crippen LogP contribution in [0.5, 0.6) is 0 Å². The van der Waals surface area contributed by atoms with E-state index < -0.39 is 11.3 Å². The highest BCUT2D eigenvalue weighted by Crippen LogP contribution is 2.33. The van der Waals surface area contributed by atoms with Crippen molar-refractivity contribution in [3.05, 3.63) is 33.9 Å². The van der Waals surface area contributed by atoms with E-state index in [9.17, 15) is 18.9 Å². The SMILES string of the molecule is O=[N+]([O-])c1cc(C(F)F)ccc1N1CCCCC1. The number of hydrogen-bond acceptors (Lipinski definition) is 3. The maximum atomic E-state index is 12.5. The summed E-state index contributed by atoms with van der Waals surface area (Å²) < 4.78 is 25.1. The van der Waals surface area contributed by atoms with E-state index in [2.05, 4.69) is 0 Å². The Morgan fingerprint density at radius 3 is 2.44 bits per heavy atom. The zero-order chi connectivity index (χ0) is 13.1. The fraction of sp³-hybridized carbons (Fsp3) is 0.500. The number of hydrogen-bond donors (Lipinski definition) is 0. The highest BCUT2D eigenvalue weighted by molar-refractivity contribution is 5.64. The molecule has 98 valence electrons. The van der Waals surface area contributed by atoms with Crippen LogP contribution in [0, 0.1) is 10.1 Å². The fourth-order valence-electron chi connectivity index (χ4n) is 2.22. The van der Waals surface area contributed by atoms with Crippen LogP contribution in [0.2, 0.25) is 0 Å². The Kier molecular flexibility index (Phi) is 3.74. The highest BCUT2D eigenvalue weighted by Gasteiger charge is 2.23. The summed E-state index contributed by atoms with van der Waals surface area (Å²) in [4.78, 5) is 12.3. The molecule has 1 fully saturated rings. The van der Waals surface area contributed by atoms with Gasteiger partial charge < -0.3 is 4.90 Å². The zero-order valence-electron chi connectivity index (χ0n) is 9.81. The van der Waals surface area contributed by atoms with Crippen molar-refractivity contribution in [3.63, 3.8) is 0 Å². The summed E-state index contributed by atoms with van der Waals surface area (Å²) in [6.07, 6.45) is 0.389. The molecule has 0 radical (unpaired) electrons. The van der Waals surface area contributed by atoms with Gasteiger partial charge in [0.15, 0.2) is 0 Å². The highest BCUT2D eigenvalue weighted by atomic mass is 19.3. The van der Waals surface area contributed by atoms with Crippen LogP contribution in [0.1, 0.15) is 31.3 Å². The lowest BCUT2D eigenvalue weighted by Crippen LogP contribution is -2.29. The van der Waals surface area contributed by atoms with E-state index in [1.165, 1.54) is 12.1 Å². The predicted molar refractivity (Wildman–Crippen MR) is 64.1 cm³/mol. The van der Waals surface area contributed by atoms with Crippen molar-refractivity contribution in [2.75, 3.05) is 18.0 Å². The van der Waals surface area contributed by atoms with Gasteiger partial charge in [-0.15, -0.1) is 0 Å². The lowest BCUT2D eigenvalue weighted by atomic mass is 10.1. The van der Waals surface area contributed by atoms with E-state index in [-0.39, 0.29) is 11.3 Å². The molecule has 0 unspecified atom stereocenters. The van der Waals surface area contributed by atoms with Crippen LogP contribution in [0.3, 0.4) is 0 Å². The van der Waals surface area contributed by atoms with Gasteiger partial charge >= 0.3 is 0 Å². The number of nitro benzene ring substituents is 1. The molecule has 1 aromatic rings. The third-order valence-corrected chi connectivity index (χ3v) is 3.14. The summed E-state index contributed by atoms with van der Waals surface area (Å²) in [6, 6.07) is 3.68. The number of alkyl halides is 2. The average molecular weight is 256 g/mol. The third-order valence-electron chi connectivity index (χ3n) is 3.14. The van der Waals surface area contributed by atoms with Gasteiger partial charge in [-0.2, -0.15) is 0 Å². The van der Waals surface area contributed by atoms with E-state index >= 15 is 0 Å². The van der Waals surface area contributed by atoms with E-state index in [0.29, 0.717) is 5.69 Å². The number of halogens is 2. The second kappa shape index (κ2) is 5.29. The summed E-state index contributed by atoms with van der Waals surface area (Å²) in [6.45, 7) is 1.49. The Hall–Kier alpha value is -1.72. The Morgan fingerprint density at radius 2 is 1.89 bits per heavy atom. The van der Waals surface area contributed by atoms with Crippen LogP contribution in [-0.2, 0) is 0 Å². The maximum Gasteiger partial charge on any atom is 0.293 e. The molecule has 1 heterocycles. The van der Waals surface area contributed by atoms with E-state index in [1.807, 2.05) is 4.90 Å². The fourth-order valence-corrected chi connectivity index (χ4v) is 2.22. The Bertz CT molecular complexity index is 446. The Morgan fingerprint density at radius 1 is 1.22 bits per heavy atom. The van der Waals surface area contributed by atoms with Gasteiger partial charge in [0.1, 0.15) is 5.69 Å². The lowest BCUT2D eigenvalue weighted by Gasteiger charge is -2.28. The first kappa shape index (κ1) is 12.7. The quantitative estimate of drug-likeness (QED) is 0.614. The van der Waals surface area contributed by atoms with Crippen LogP contribution in [0.4, 0.5) is 20.2 Å². The minimum absolute atomic E-state index is 0.227. The lowest BCUT2D eigenvalue weighted by molar-refractivity contribution is -0.384. The molecule has 1 aliphatic rings. The van der Waals surface area contributed by atoms with Gasteiger partial charge in [0.05, 0.1) is 4.92 Å². The molecule has 1 aromatic carbocycles. The van der Waals surface area contributed by atoms with Crippen LogP contribution >= 0.6 is 0 Å². The molecule has 1 aliphatic heterocycles. The van der Waals surface area contributed by atoms with Crippen LogP contribution < -0.4 is 4.90 Å². The van der Waals surface area contributed by atoms with E-state index in [0.717, 1.165) is 38.4 Å². The smallest absolute Gasteiger partial charge is 0.293 e. The molecule has 0 aliphatic carbocycles. The molecule has 0 bridgehead atoms. The molecule has 1 saturated heterocycles. The van der Waals surface area contributed by atoms with Crippen LogP contribution in [-0.4, -0.2) is 18.0 Å². The largest absolute Gasteiger partial charge is 0.366 e. The second-order valence-electron chi connectivity index (χ2n) is 4.35. The molecule has 6 heteroatoms. The summed E-state index contributed by atoms with van der Waals surface area (Å²) in [5, 5.41) is 11.0. The van der Waals surface area contributed by atoms with Gasteiger partial charge in [-0.05, 0) is 25.3 Å². The first-order chi connectivity index (χ1) is 8.59. The first-order valence-corrected chi connectivity index (χ1v) is 5.91. The van der Waals surface area contributed by atoms with Crippen molar-refractivity contribution < 1.29 is 13.7 Å². The zero-order valence-corrected chi connectivity index (χ0v) is 9.81. The standard InChI is InChI=1S/C12H14F2N2O2/c13-12(14)9-4-5-10(11(8-9)16(17)18)15-6-2-1-3-7-15/h4-5,8,12H,1-3,6-7H2. The molecule has 4 nitrogen and oxygen atoms in total. The molecule has 0 saturated carbocycles. The molecule has 0 N–H and O–H groups in total. The number of piperidine rings is 1. The Balaban J connectivity index is 2.36. The van der Waals surface area contributed by atoms with Gasteiger partial charge in [-0.3, -0.25) is 10.1 Å². The van der Waals surface area contributed by atoms with Crippen molar-refractivity contribution >= 4 is 11.4 Å². The molecule has 2 rings (SSSR count). The van der Waals surface area contributed by atoms with Crippen molar-refractivity contribution in [1.82, 2.24) is 0 Å². The van der Waals surface area contributed by atoms with Crippen molar-refractivity contribution in [2.24, 2.45) is 0 Å². The maximum absolute atomic E-state index is 12.5. The second-order valence-corrected chi connectivity index (χ2v) is 4.35. The Labute approximate surface area is 103 Å². The number of rotatable bonds is 3. The van der Waals surface area contributed by atoms with Gasteiger partial charge in [-0.25, -0.2) is 8.78 Å². The van der Waals surface area contributed by atoms with Crippen molar-refractivity contribution in [3.8, 4) is 0 Å². The van der Waals surface area contributed by atoms with Crippen molar-refractivity contribution in [1.29, 1.82) is 0 Å². The van der Waals surface area contributed by atoms with Crippen LogP contribution in [0.25, 0.3) is 0 Å². The normalized spacial score (nSPS) is 16.1. The molecule has 0 atom stereocenters. The third kappa shape index (κ3) is 2.57. The topological polar surface area (TPSA) is 46.4 Å². The monoisotopic (exact) mass is 256 g/mol. The van der Waals surface area contributed by atoms with Gasteiger partial charge in [0.2, 0.25) is 0 Å². The van der Waals surface area contributed by atoms with E-state index in [1.54, 1.807) is 0 Å².